The Hall–Kier alpha value is -3.17. The zero-order chi connectivity index (χ0) is 28.8. The summed E-state index contributed by atoms with van der Waals surface area (Å²) in [6.45, 7) is 7.30. The predicted molar refractivity (Wildman–Crippen MR) is 160 cm³/mol. The van der Waals surface area contributed by atoms with Gasteiger partial charge in [-0.2, -0.15) is 0 Å². The molecule has 0 unspecified atom stereocenters. The molecule has 1 atom stereocenters. The summed E-state index contributed by atoms with van der Waals surface area (Å²) >= 11 is 3.41. The number of amides is 2. The normalized spacial score (nSPS) is 12.5. The van der Waals surface area contributed by atoms with Gasteiger partial charge in [-0.25, -0.2) is 8.42 Å². The molecule has 0 aliphatic rings. The summed E-state index contributed by atoms with van der Waals surface area (Å²) in [4.78, 5) is 29.3. The first kappa shape index (κ1) is 30.4. The number of halogens is 1. The van der Waals surface area contributed by atoms with Gasteiger partial charge in [-0.1, -0.05) is 72.3 Å². The van der Waals surface area contributed by atoms with Crippen molar-refractivity contribution in [3.63, 3.8) is 0 Å². The maximum Gasteiger partial charge on any atom is 0.244 e. The van der Waals surface area contributed by atoms with Gasteiger partial charge in [-0.3, -0.25) is 13.9 Å². The van der Waals surface area contributed by atoms with Crippen LogP contribution in [0.15, 0.2) is 83.3 Å². The number of benzene rings is 3. The second-order valence-corrected chi connectivity index (χ2v) is 13.4. The standard InChI is InChI=1S/C30H36BrN3O4S/c1-22-12-11-15-24(18-22)20-33(27(29(36)32-30(2,3)4)19-23-13-7-6-8-14-23)28(35)21-34(39(5,37)38)26-17-10-9-16-25(26)31/h6-18,27H,19-21H2,1-5H3,(H,32,36)/t27-/m1/s1. The van der Waals surface area contributed by atoms with Gasteiger partial charge in [-0.05, 0) is 66.9 Å². The number of hydrogen-bond acceptors (Lipinski definition) is 4. The minimum Gasteiger partial charge on any atom is -0.350 e. The van der Waals surface area contributed by atoms with Gasteiger partial charge in [0, 0.05) is 23.0 Å². The molecule has 0 aliphatic heterocycles. The number of carbonyl (C=O) groups excluding carboxylic acids is 2. The average molecular weight is 615 g/mol. The van der Waals surface area contributed by atoms with E-state index in [4.69, 9.17) is 0 Å². The molecule has 3 rings (SSSR count). The van der Waals surface area contributed by atoms with Gasteiger partial charge in [0.25, 0.3) is 0 Å². The highest BCUT2D eigenvalue weighted by Crippen LogP contribution is 2.28. The maximum atomic E-state index is 14.1. The Morgan fingerprint density at radius 1 is 0.923 bits per heavy atom. The number of rotatable bonds is 10. The Bertz CT molecular complexity index is 1400. The van der Waals surface area contributed by atoms with Crippen molar-refractivity contribution in [2.24, 2.45) is 0 Å². The van der Waals surface area contributed by atoms with E-state index in [0.717, 1.165) is 27.3 Å². The van der Waals surface area contributed by atoms with Crippen LogP contribution in [-0.2, 0) is 32.6 Å². The largest absolute Gasteiger partial charge is 0.350 e. The first-order valence-corrected chi connectivity index (χ1v) is 15.3. The Labute approximate surface area is 240 Å². The fourth-order valence-electron chi connectivity index (χ4n) is 4.26. The van der Waals surface area contributed by atoms with Crippen LogP contribution < -0.4 is 9.62 Å². The van der Waals surface area contributed by atoms with Crippen LogP contribution in [0.1, 0.15) is 37.5 Å². The lowest BCUT2D eigenvalue weighted by atomic mass is 10.0. The molecule has 9 heteroatoms. The monoisotopic (exact) mass is 613 g/mol. The third-order valence-electron chi connectivity index (χ3n) is 6.01. The molecule has 0 heterocycles. The van der Waals surface area contributed by atoms with Crippen LogP contribution in [0.3, 0.4) is 0 Å². The number of nitrogens with one attached hydrogen (secondary N) is 1. The van der Waals surface area contributed by atoms with Gasteiger partial charge in [0.15, 0.2) is 0 Å². The van der Waals surface area contributed by atoms with Crippen molar-refractivity contribution in [2.45, 2.75) is 52.2 Å². The Morgan fingerprint density at radius 2 is 1.54 bits per heavy atom. The Morgan fingerprint density at radius 3 is 2.13 bits per heavy atom. The van der Waals surface area contributed by atoms with Crippen molar-refractivity contribution in [3.8, 4) is 0 Å². The minimum absolute atomic E-state index is 0.142. The Balaban J connectivity index is 2.09. The quantitative estimate of drug-likeness (QED) is 0.345. The molecule has 0 saturated carbocycles. The van der Waals surface area contributed by atoms with Gasteiger partial charge in [0.1, 0.15) is 12.6 Å². The molecule has 208 valence electrons. The average Bonchev–Trinajstić information content (AvgIpc) is 2.84. The molecule has 0 saturated heterocycles. The number of hydrogen-bond donors (Lipinski definition) is 1. The molecular weight excluding hydrogens is 578 g/mol. The van der Waals surface area contributed by atoms with Crippen molar-refractivity contribution < 1.29 is 18.0 Å². The second kappa shape index (κ2) is 12.8. The molecule has 7 nitrogen and oxygen atoms in total. The number of para-hydroxylation sites is 1. The van der Waals surface area contributed by atoms with Crippen LogP contribution in [0, 0.1) is 6.92 Å². The van der Waals surface area contributed by atoms with E-state index in [0.29, 0.717) is 10.2 Å². The fourth-order valence-corrected chi connectivity index (χ4v) is 5.74. The van der Waals surface area contributed by atoms with E-state index < -0.39 is 34.1 Å². The lowest BCUT2D eigenvalue weighted by Crippen LogP contribution is -2.56. The van der Waals surface area contributed by atoms with Gasteiger partial charge >= 0.3 is 0 Å². The maximum absolute atomic E-state index is 14.1. The summed E-state index contributed by atoms with van der Waals surface area (Å²) in [5, 5.41) is 3.02. The lowest BCUT2D eigenvalue weighted by molar-refractivity contribution is -0.140. The molecular formula is C30H36BrN3O4S. The molecule has 0 radical (unpaired) electrons. The zero-order valence-corrected chi connectivity index (χ0v) is 25.4. The Kier molecular flexibility index (Phi) is 9.96. The van der Waals surface area contributed by atoms with E-state index in [9.17, 15) is 18.0 Å². The molecule has 0 spiro atoms. The van der Waals surface area contributed by atoms with Crippen molar-refractivity contribution >= 4 is 43.5 Å². The summed E-state index contributed by atoms with van der Waals surface area (Å²) in [7, 11) is -3.83. The SMILES string of the molecule is Cc1cccc(CN(C(=O)CN(c2ccccc2Br)S(C)(=O)=O)[C@H](Cc2ccccc2)C(=O)NC(C)(C)C)c1. The van der Waals surface area contributed by atoms with Crippen LogP contribution in [0.4, 0.5) is 5.69 Å². The first-order chi connectivity index (χ1) is 18.2. The summed E-state index contributed by atoms with van der Waals surface area (Å²) in [5.41, 5.74) is 2.57. The smallest absolute Gasteiger partial charge is 0.244 e. The number of anilines is 1. The number of sulfonamides is 1. The molecule has 3 aromatic rings. The highest BCUT2D eigenvalue weighted by atomic mass is 79.9. The number of carbonyl (C=O) groups is 2. The van der Waals surface area contributed by atoms with Gasteiger partial charge in [0.05, 0.1) is 11.9 Å². The first-order valence-electron chi connectivity index (χ1n) is 12.7. The lowest BCUT2D eigenvalue weighted by Gasteiger charge is -2.35. The molecule has 0 aliphatic carbocycles. The second-order valence-electron chi connectivity index (χ2n) is 10.7. The summed E-state index contributed by atoms with van der Waals surface area (Å²) < 4.78 is 27.4. The molecule has 1 N–H and O–H groups in total. The molecule has 0 fully saturated rings. The van der Waals surface area contributed by atoms with Crippen LogP contribution in [0.2, 0.25) is 0 Å². The highest BCUT2D eigenvalue weighted by molar-refractivity contribution is 9.10. The molecule has 39 heavy (non-hydrogen) atoms. The van der Waals surface area contributed by atoms with Crippen molar-refractivity contribution in [2.75, 3.05) is 17.1 Å². The van der Waals surface area contributed by atoms with Gasteiger partial charge in [0.2, 0.25) is 21.8 Å². The molecule has 0 aromatic heterocycles. The minimum atomic E-state index is -3.83. The van der Waals surface area contributed by atoms with E-state index >= 15 is 0 Å². The van der Waals surface area contributed by atoms with Crippen molar-refractivity contribution in [1.29, 1.82) is 0 Å². The topological polar surface area (TPSA) is 86.8 Å². The van der Waals surface area contributed by atoms with E-state index in [1.54, 1.807) is 24.3 Å². The predicted octanol–water partition coefficient (Wildman–Crippen LogP) is 5.08. The number of nitrogens with zero attached hydrogens (tertiary/aromatic N) is 2. The van der Waals surface area contributed by atoms with Crippen LogP contribution in [-0.4, -0.2) is 49.5 Å². The highest BCUT2D eigenvalue weighted by Gasteiger charge is 2.34. The van der Waals surface area contributed by atoms with E-state index in [1.807, 2.05) is 82.3 Å². The fraction of sp³-hybridized carbons (Fsp3) is 0.333. The third-order valence-corrected chi connectivity index (χ3v) is 7.80. The van der Waals surface area contributed by atoms with Crippen LogP contribution in [0.5, 0.6) is 0 Å². The third kappa shape index (κ3) is 8.93. The van der Waals surface area contributed by atoms with Gasteiger partial charge in [-0.15, -0.1) is 0 Å². The molecule has 0 bridgehead atoms. The summed E-state index contributed by atoms with van der Waals surface area (Å²) in [5.74, 6) is -0.790. The zero-order valence-electron chi connectivity index (χ0n) is 23.0. The molecule has 3 aromatic carbocycles. The van der Waals surface area contributed by atoms with E-state index in [1.165, 1.54) is 4.90 Å². The van der Waals surface area contributed by atoms with Crippen LogP contribution in [0.25, 0.3) is 0 Å². The number of aryl methyl sites for hydroxylation is 1. The van der Waals surface area contributed by atoms with Crippen molar-refractivity contribution in [1.82, 2.24) is 10.2 Å². The van der Waals surface area contributed by atoms with E-state index in [-0.39, 0.29) is 18.9 Å². The van der Waals surface area contributed by atoms with E-state index in [2.05, 4.69) is 21.2 Å². The van der Waals surface area contributed by atoms with Crippen LogP contribution >= 0.6 is 15.9 Å². The van der Waals surface area contributed by atoms with Crippen molar-refractivity contribution in [3.05, 3.63) is 100 Å². The summed E-state index contributed by atoms with van der Waals surface area (Å²) in [6.07, 6.45) is 1.34. The summed E-state index contributed by atoms with van der Waals surface area (Å²) in [6, 6.07) is 23.2. The molecule has 2 amide bonds. The van der Waals surface area contributed by atoms with Gasteiger partial charge < -0.3 is 10.2 Å².